The van der Waals surface area contributed by atoms with Crippen LogP contribution in [0.4, 0.5) is 19.3 Å². The second-order valence-electron chi connectivity index (χ2n) is 8.61. The quantitative estimate of drug-likeness (QED) is 0.612. The van der Waals surface area contributed by atoms with Gasteiger partial charge in [0.2, 0.25) is 0 Å². The number of halogens is 3. The first-order valence-electron chi connectivity index (χ1n) is 10.0. The second kappa shape index (κ2) is 8.80. The number of hydrogen-bond acceptors (Lipinski definition) is 3. The first-order valence-corrected chi connectivity index (χ1v) is 10.4. The third kappa shape index (κ3) is 5.04. The summed E-state index contributed by atoms with van der Waals surface area (Å²) < 4.78 is 34.8. The molecule has 30 heavy (non-hydrogen) atoms. The predicted molar refractivity (Wildman–Crippen MR) is 116 cm³/mol. The molecule has 0 spiro atoms. The van der Waals surface area contributed by atoms with Crippen LogP contribution in [0.2, 0.25) is 5.02 Å². The van der Waals surface area contributed by atoms with Crippen molar-refractivity contribution < 1.29 is 18.3 Å². The SMILES string of the molecule is CC(Nc1cccc(-c2ccccc2Cl)c1F)[C@@H]1C[C@@H](F)CN1C(=O)OC(C)(C)C. The highest BCUT2D eigenvalue weighted by Crippen LogP contribution is 2.34. The molecule has 1 unspecified atom stereocenters. The van der Waals surface area contributed by atoms with E-state index in [1.165, 1.54) is 4.90 Å². The van der Waals surface area contributed by atoms with Crippen molar-refractivity contribution in [1.82, 2.24) is 4.90 Å². The molecule has 0 aromatic heterocycles. The number of benzene rings is 2. The Hall–Kier alpha value is -2.34. The topological polar surface area (TPSA) is 41.6 Å². The van der Waals surface area contributed by atoms with Crippen LogP contribution < -0.4 is 5.32 Å². The van der Waals surface area contributed by atoms with Crippen molar-refractivity contribution in [2.45, 2.75) is 58.0 Å². The van der Waals surface area contributed by atoms with Gasteiger partial charge in [-0.1, -0.05) is 41.9 Å². The molecule has 0 radical (unpaired) electrons. The van der Waals surface area contributed by atoms with Crippen LogP contribution in [0.25, 0.3) is 11.1 Å². The summed E-state index contributed by atoms with van der Waals surface area (Å²) in [7, 11) is 0. The van der Waals surface area contributed by atoms with Gasteiger partial charge in [0, 0.05) is 28.6 Å². The fourth-order valence-corrected chi connectivity index (χ4v) is 3.93. The van der Waals surface area contributed by atoms with E-state index in [1.54, 1.807) is 63.2 Å². The number of likely N-dealkylation sites (tertiary alicyclic amines) is 1. The Morgan fingerprint density at radius 2 is 1.87 bits per heavy atom. The van der Waals surface area contributed by atoms with E-state index >= 15 is 4.39 Å². The molecule has 1 aliphatic heterocycles. The van der Waals surface area contributed by atoms with Crippen LogP contribution in [-0.2, 0) is 4.74 Å². The normalized spacial score (nSPS) is 20.2. The van der Waals surface area contributed by atoms with E-state index in [-0.39, 0.29) is 18.7 Å². The number of ether oxygens (including phenoxy) is 1. The molecule has 2 aromatic carbocycles. The van der Waals surface area contributed by atoms with Crippen molar-refractivity contribution in [1.29, 1.82) is 0 Å². The minimum absolute atomic E-state index is 0.0340. The molecule has 1 N–H and O–H groups in total. The zero-order valence-corrected chi connectivity index (χ0v) is 18.3. The maximum Gasteiger partial charge on any atom is 0.410 e. The summed E-state index contributed by atoms with van der Waals surface area (Å²) in [6, 6.07) is 11.2. The van der Waals surface area contributed by atoms with Crippen molar-refractivity contribution >= 4 is 23.4 Å². The molecule has 1 aliphatic rings. The fraction of sp³-hybridized carbons (Fsp3) is 0.435. The average molecular weight is 437 g/mol. The van der Waals surface area contributed by atoms with Crippen LogP contribution in [0.5, 0.6) is 0 Å². The molecule has 3 rings (SSSR count). The molecule has 0 saturated carbocycles. The number of carbonyl (C=O) groups excluding carboxylic acids is 1. The van der Waals surface area contributed by atoms with Crippen molar-refractivity contribution in [2.75, 3.05) is 11.9 Å². The highest BCUT2D eigenvalue weighted by Gasteiger charge is 2.40. The summed E-state index contributed by atoms with van der Waals surface area (Å²) >= 11 is 6.23. The van der Waals surface area contributed by atoms with E-state index in [0.29, 0.717) is 16.1 Å². The summed E-state index contributed by atoms with van der Waals surface area (Å²) in [5.74, 6) is -0.448. The molecule has 2 aromatic rings. The molecular formula is C23H27ClF2N2O2. The fourth-order valence-electron chi connectivity index (χ4n) is 3.69. The lowest BCUT2D eigenvalue weighted by Gasteiger charge is -2.32. The molecule has 0 aliphatic carbocycles. The molecule has 4 nitrogen and oxygen atoms in total. The van der Waals surface area contributed by atoms with Crippen molar-refractivity contribution in [3.63, 3.8) is 0 Å². The number of rotatable bonds is 4. The smallest absolute Gasteiger partial charge is 0.410 e. The van der Waals surface area contributed by atoms with E-state index in [9.17, 15) is 9.18 Å². The molecule has 0 bridgehead atoms. The van der Waals surface area contributed by atoms with Gasteiger partial charge in [0.1, 0.15) is 11.8 Å². The summed E-state index contributed by atoms with van der Waals surface area (Å²) in [4.78, 5) is 13.9. The number of amides is 1. The molecule has 1 heterocycles. The number of hydrogen-bond donors (Lipinski definition) is 1. The first-order chi connectivity index (χ1) is 14.1. The number of nitrogens with one attached hydrogen (secondary N) is 1. The lowest BCUT2D eigenvalue weighted by atomic mass is 10.0. The second-order valence-corrected chi connectivity index (χ2v) is 9.02. The lowest BCUT2D eigenvalue weighted by molar-refractivity contribution is 0.0208. The van der Waals surface area contributed by atoms with Crippen LogP contribution in [0.15, 0.2) is 42.5 Å². The standard InChI is InChI=1S/C23H27ClF2N2O2/c1-14(20-12-15(25)13-28(20)22(29)30-23(2,3)4)27-19-11-7-9-17(21(19)26)16-8-5-6-10-18(16)24/h5-11,14-15,20,27H,12-13H2,1-4H3/t14?,15-,20+/m1/s1. The zero-order chi connectivity index (χ0) is 22.1. The van der Waals surface area contributed by atoms with Gasteiger partial charge in [-0.25, -0.2) is 13.6 Å². The molecule has 1 amide bonds. The largest absolute Gasteiger partial charge is 0.444 e. The number of carbonyl (C=O) groups is 1. The third-order valence-electron chi connectivity index (χ3n) is 5.04. The number of alkyl halides is 1. The van der Waals surface area contributed by atoms with Gasteiger partial charge in [0.05, 0.1) is 18.3 Å². The lowest BCUT2D eigenvalue weighted by Crippen LogP contribution is -2.46. The molecular weight excluding hydrogens is 410 g/mol. The van der Waals surface area contributed by atoms with E-state index < -0.39 is 35.8 Å². The number of nitrogens with zero attached hydrogens (tertiary/aromatic N) is 1. The van der Waals surface area contributed by atoms with E-state index in [0.717, 1.165) is 0 Å². The Balaban J connectivity index is 1.81. The van der Waals surface area contributed by atoms with Gasteiger partial charge < -0.3 is 15.0 Å². The van der Waals surface area contributed by atoms with Gasteiger partial charge in [0.15, 0.2) is 5.82 Å². The van der Waals surface area contributed by atoms with E-state index in [1.807, 2.05) is 6.92 Å². The molecule has 1 fully saturated rings. The number of anilines is 1. The Bertz CT molecular complexity index is 916. The monoisotopic (exact) mass is 436 g/mol. The summed E-state index contributed by atoms with van der Waals surface area (Å²) in [5, 5.41) is 3.57. The van der Waals surface area contributed by atoms with Gasteiger partial charge >= 0.3 is 6.09 Å². The maximum atomic E-state index is 15.2. The van der Waals surface area contributed by atoms with Crippen LogP contribution in [0.3, 0.4) is 0 Å². The highest BCUT2D eigenvalue weighted by molar-refractivity contribution is 6.33. The summed E-state index contributed by atoms with van der Waals surface area (Å²) in [6.07, 6.45) is -1.54. The minimum Gasteiger partial charge on any atom is -0.444 e. The van der Waals surface area contributed by atoms with Crippen molar-refractivity contribution in [3.8, 4) is 11.1 Å². The van der Waals surface area contributed by atoms with E-state index in [2.05, 4.69) is 5.32 Å². The van der Waals surface area contributed by atoms with Crippen molar-refractivity contribution in [3.05, 3.63) is 53.3 Å². The molecule has 7 heteroatoms. The van der Waals surface area contributed by atoms with Crippen LogP contribution >= 0.6 is 11.6 Å². The average Bonchev–Trinajstić information content (AvgIpc) is 3.05. The van der Waals surface area contributed by atoms with Gasteiger partial charge in [-0.2, -0.15) is 0 Å². The van der Waals surface area contributed by atoms with Crippen LogP contribution in [0, 0.1) is 5.82 Å². The highest BCUT2D eigenvalue weighted by atomic mass is 35.5. The maximum absolute atomic E-state index is 15.2. The zero-order valence-electron chi connectivity index (χ0n) is 17.6. The Morgan fingerprint density at radius 1 is 1.20 bits per heavy atom. The van der Waals surface area contributed by atoms with Gasteiger partial charge in [-0.3, -0.25) is 0 Å². The van der Waals surface area contributed by atoms with Gasteiger partial charge in [-0.15, -0.1) is 0 Å². The molecule has 162 valence electrons. The summed E-state index contributed by atoms with van der Waals surface area (Å²) in [6.45, 7) is 7.07. The molecule has 3 atom stereocenters. The minimum atomic E-state index is -1.15. The van der Waals surface area contributed by atoms with Crippen LogP contribution in [0.1, 0.15) is 34.1 Å². The first kappa shape index (κ1) is 22.3. The van der Waals surface area contributed by atoms with Gasteiger partial charge in [0.25, 0.3) is 0 Å². The van der Waals surface area contributed by atoms with E-state index in [4.69, 9.17) is 16.3 Å². The summed E-state index contributed by atoms with van der Waals surface area (Å²) in [5.41, 5.74) is 0.554. The van der Waals surface area contributed by atoms with Crippen molar-refractivity contribution in [2.24, 2.45) is 0 Å². The Kier molecular flexibility index (Phi) is 6.56. The predicted octanol–water partition coefficient (Wildman–Crippen LogP) is 6.29. The van der Waals surface area contributed by atoms with Gasteiger partial charge in [-0.05, 0) is 39.8 Å². The molecule has 1 saturated heterocycles. The van der Waals surface area contributed by atoms with Crippen LogP contribution in [-0.4, -0.2) is 41.4 Å². The third-order valence-corrected chi connectivity index (χ3v) is 5.37. The Labute approximate surface area is 181 Å². The Morgan fingerprint density at radius 3 is 2.53 bits per heavy atom.